The molecule has 0 aliphatic heterocycles. The minimum atomic E-state index is -4.01. The molecule has 1 aromatic heterocycles. The van der Waals surface area contributed by atoms with Crippen molar-refractivity contribution in [2.24, 2.45) is 7.05 Å². The van der Waals surface area contributed by atoms with Gasteiger partial charge in [0, 0.05) is 19.2 Å². The molecule has 0 radical (unpaired) electrons. The summed E-state index contributed by atoms with van der Waals surface area (Å²) in [5.74, 6) is 0. The van der Waals surface area contributed by atoms with Gasteiger partial charge in [0.15, 0.2) is 0 Å². The Hall–Kier alpha value is -2.72. The van der Waals surface area contributed by atoms with Gasteiger partial charge in [-0.1, -0.05) is 17.4 Å². The number of benzene rings is 2. The van der Waals surface area contributed by atoms with Gasteiger partial charge in [0.25, 0.3) is 15.7 Å². The number of nitro benzene ring substituents is 1. The lowest BCUT2D eigenvalue weighted by atomic mass is 10.2. The van der Waals surface area contributed by atoms with Gasteiger partial charge in [-0.05, 0) is 30.7 Å². The number of nitrogens with one attached hydrogen (secondary N) is 1. The molecular weight excluding hydrogens is 366 g/mol. The summed E-state index contributed by atoms with van der Waals surface area (Å²) in [7, 11) is -2.37. The summed E-state index contributed by atoms with van der Waals surface area (Å²) >= 11 is 1.01. The lowest BCUT2D eigenvalue weighted by Gasteiger charge is -2.10. The molecule has 0 aliphatic carbocycles. The number of aromatic nitrogens is 1. The van der Waals surface area contributed by atoms with Crippen molar-refractivity contribution in [2.75, 3.05) is 4.72 Å². The Morgan fingerprint density at radius 3 is 2.60 bits per heavy atom. The number of thiazole rings is 1. The van der Waals surface area contributed by atoms with Crippen LogP contribution in [0.4, 0.5) is 11.4 Å². The number of aryl methyl sites for hydroxylation is 2. The van der Waals surface area contributed by atoms with Crippen molar-refractivity contribution in [3.63, 3.8) is 0 Å². The van der Waals surface area contributed by atoms with Gasteiger partial charge in [0.1, 0.15) is 0 Å². The van der Waals surface area contributed by atoms with Gasteiger partial charge in [0.2, 0.25) is 0 Å². The van der Waals surface area contributed by atoms with Crippen LogP contribution < -0.4 is 9.60 Å². The molecule has 1 heterocycles. The molecule has 0 fully saturated rings. The van der Waals surface area contributed by atoms with E-state index in [0.717, 1.165) is 17.4 Å². The second-order valence-corrected chi connectivity index (χ2v) is 8.07. The largest absolute Gasteiger partial charge is 0.307 e. The van der Waals surface area contributed by atoms with Crippen molar-refractivity contribution in [1.29, 1.82) is 0 Å². The topological polar surface area (TPSA) is 111 Å². The lowest BCUT2D eigenvalue weighted by molar-refractivity contribution is -0.385. The van der Waals surface area contributed by atoms with Crippen LogP contribution in [-0.2, 0) is 17.1 Å². The smallest absolute Gasteiger partial charge is 0.302 e. The second-order valence-electron chi connectivity index (χ2n) is 5.42. The molecule has 2 aromatic carbocycles. The first kappa shape index (κ1) is 17.1. The van der Waals surface area contributed by atoms with E-state index in [1.807, 2.05) is 0 Å². The van der Waals surface area contributed by atoms with E-state index in [0.29, 0.717) is 15.8 Å². The summed E-state index contributed by atoms with van der Waals surface area (Å²) in [6, 6.07) is 8.41. The summed E-state index contributed by atoms with van der Waals surface area (Å²) < 4.78 is 29.7. The molecule has 10 heteroatoms. The monoisotopic (exact) mass is 379 g/mol. The molecule has 25 heavy (non-hydrogen) atoms. The van der Waals surface area contributed by atoms with Gasteiger partial charge in [-0.2, -0.15) is 0 Å². The quantitative estimate of drug-likeness (QED) is 0.553. The molecular formula is C15H13N3O5S2. The van der Waals surface area contributed by atoms with Gasteiger partial charge in [-0.25, -0.2) is 8.42 Å². The van der Waals surface area contributed by atoms with E-state index in [2.05, 4.69) is 4.72 Å². The van der Waals surface area contributed by atoms with Crippen LogP contribution in [0, 0.1) is 17.0 Å². The van der Waals surface area contributed by atoms with Crippen LogP contribution in [0.3, 0.4) is 0 Å². The van der Waals surface area contributed by atoms with Crippen LogP contribution >= 0.6 is 11.3 Å². The van der Waals surface area contributed by atoms with E-state index in [-0.39, 0.29) is 21.1 Å². The Labute approximate surface area is 146 Å². The number of fused-ring (bicyclic) bond motifs is 1. The number of hydrogen-bond acceptors (Lipinski definition) is 6. The zero-order chi connectivity index (χ0) is 18.4. The highest BCUT2D eigenvalue weighted by molar-refractivity contribution is 7.92. The first-order valence-corrected chi connectivity index (χ1v) is 9.36. The molecule has 8 nitrogen and oxygen atoms in total. The summed E-state index contributed by atoms with van der Waals surface area (Å²) in [5.41, 5.74) is 1.07. The zero-order valence-corrected chi connectivity index (χ0v) is 14.8. The first-order chi connectivity index (χ1) is 11.7. The van der Waals surface area contributed by atoms with E-state index in [4.69, 9.17) is 0 Å². The Kier molecular flexibility index (Phi) is 4.09. The van der Waals surface area contributed by atoms with Crippen molar-refractivity contribution < 1.29 is 13.3 Å². The summed E-state index contributed by atoms with van der Waals surface area (Å²) in [6.07, 6.45) is 0. The van der Waals surface area contributed by atoms with Crippen molar-refractivity contribution in [1.82, 2.24) is 4.57 Å². The Balaban J connectivity index is 2.03. The van der Waals surface area contributed by atoms with Gasteiger partial charge in [0.05, 0.1) is 25.7 Å². The van der Waals surface area contributed by atoms with Crippen LogP contribution in [0.15, 0.2) is 46.1 Å². The molecule has 0 aliphatic rings. The normalized spacial score (nSPS) is 11.6. The predicted octanol–water partition coefficient (Wildman–Crippen LogP) is 2.62. The summed E-state index contributed by atoms with van der Waals surface area (Å²) in [5, 5.41) is 10.9. The minimum absolute atomic E-state index is 0.149. The molecule has 0 unspecified atom stereocenters. The fraction of sp³-hybridized carbons (Fsp3) is 0.133. The Morgan fingerprint density at radius 2 is 1.92 bits per heavy atom. The van der Waals surface area contributed by atoms with Gasteiger partial charge >= 0.3 is 4.87 Å². The SMILES string of the molecule is Cc1ccc([N+](=O)[O-])cc1S(=O)(=O)Nc1ccc2c(c1)sc(=O)n2C. The van der Waals surface area contributed by atoms with Crippen LogP contribution in [0.1, 0.15) is 5.56 Å². The number of hydrogen-bond donors (Lipinski definition) is 1. The van der Waals surface area contributed by atoms with E-state index in [1.165, 1.54) is 16.7 Å². The third-order valence-corrected chi connectivity index (χ3v) is 6.24. The fourth-order valence-electron chi connectivity index (χ4n) is 2.40. The lowest BCUT2D eigenvalue weighted by Crippen LogP contribution is -2.14. The average Bonchev–Trinajstić information content (AvgIpc) is 2.81. The van der Waals surface area contributed by atoms with Crippen molar-refractivity contribution >= 4 is 43.0 Å². The number of sulfonamides is 1. The minimum Gasteiger partial charge on any atom is -0.302 e. The molecule has 3 rings (SSSR count). The van der Waals surface area contributed by atoms with Crippen molar-refractivity contribution in [3.8, 4) is 0 Å². The van der Waals surface area contributed by atoms with E-state index < -0.39 is 14.9 Å². The van der Waals surface area contributed by atoms with Crippen LogP contribution in [0.5, 0.6) is 0 Å². The molecule has 3 aromatic rings. The highest BCUT2D eigenvalue weighted by Gasteiger charge is 2.21. The molecule has 130 valence electrons. The molecule has 0 saturated carbocycles. The molecule has 0 amide bonds. The number of anilines is 1. The fourth-order valence-corrected chi connectivity index (χ4v) is 4.63. The van der Waals surface area contributed by atoms with E-state index in [1.54, 1.807) is 32.2 Å². The number of nitrogens with zero attached hydrogens (tertiary/aromatic N) is 2. The van der Waals surface area contributed by atoms with Crippen LogP contribution in [-0.4, -0.2) is 17.9 Å². The maximum atomic E-state index is 12.6. The van der Waals surface area contributed by atoms with Gasteiger partial charge in [-0.15, -0.1) is 0 Å². The van der Waals surface area contributed by atoms with E-state index >= 15 is 0 Å². The Bertz CT molecular complexity index is 1160. The zero-order valence-electron chi connectivity index (χ0n) is 13.2. The summed E-state index contributed by atoms with van der Waals surface area (Å²) in [4.78, 5) is 21.6. The number of non-ortho nitro benzene ring substituents is 1. The van der Waals surface area contributed by atoms with Gasteiger partial charge in [-0.3, -0.25) is 19.6 Å². The third kappa shape index (κ3) is 3.13. The van der Waals surface area contributed by atoms with Crippen LogP contribution in [0.25, 0.3) is 10.2 Å². The van der Waals surface area contributed by atoms with Gasteiger partial charge < -0.3 is 4.57 Å². The number of rotatable bonds is 4. The average molecular weight is 379 g/mol. The molecule has 0 bridgehead atoms. The first-order valence-electron chi connectivity index (χ1n) is 7.06. The highest BCUT2D eigenvalue weighted by Crippen LogP contribution is 2.26. The highest BCUT2D eigenvalue weighted by atomic mass is 32.2. The van der Waals surface area contributed by atoms with Crippen molar-refractivity contribution in [3.05, 3.63) is 61.7 Å². The Morgan fingerprint density at radius 1 is 1.20 bits per heavy atom. The maximum Gasteiger partial charge on any atom is 0.307 e. The predicted molar refractivity (Wildman–Crippen MR) is 95.7 cm³/mol. The maximum absolute atomic E-state index is 12.6. The van der Waals surface area contributed by atoms with E-state index in [9.17, 15) is 23.3 Å². The standard InChI is InChI=1S/C15H13N3O5S2/c1-9-3-5-11(18(20)21)8-14(9)25(22,23)16-10-4-6-12-13(7-10)24-15(19)17(12)2/h3-8,16H,1-2H3. The third-order valence-electron chi connectivity index (χ3n) is 3.72. The van der Waals surface area contributed by atoms with Crippen LogP contribution in [0.2, 0.25) is 0 Å². The second kappa shape index (κ2) is 5.97. The molecule has 0 atom stereocenters. The summed E-state index contributed by atoms with van der Waals surface area (Å²) in [6.45, 7) is 1.56. The van der Waals surface area contributed by atoms with Crippen molar-refractivity contribution in [2.45, 2.75) is 11.8 Å². The molecule has 0 saturated heterocycles. The number of nitro groups is 1. The molecule has 0 spiro atoms. The molecule has 1 N–H and O–H groups in total.